The smallest absolute Gasteiger partial charge is 0.340 e. The maximum Gasteiger partial charge on any atom is 0.340 e. The normalized spacial score (nSPS) is 12.4. The fourth-order valence-corrected chi connectivity index (χ4v) is 4.04. The Kier molecular flexibility index (Phi) is 6.76. The van der Waals surface area contributed by atoms with E-state index in [1.165, 1.54) is 19.2 Å². The number of imidazole rings is 1. The summed E-state index contributed by atoms with van der Waals surface area (Å²) in [7, 11) is 2.82. The first-order valence-corrected chi connectivity index (χ1v) is 11.0. The van der Waals surface area contributed by atoms with Crippen LogP contribution in [0.15, 0.2) is 43.0 Å². The molecular weight excluding hydrogens is 437 g/mol. The van der Waals surface area contributed by atoms with Crippen molar-refractivity contribution in [3.05, 3.63) is 60.1 Å². The Hall–Kier alpha value is -3.56. The number of halogens is 1. The summed E-state index contributed by atoms with van der Waals surface area (Å²) in [5, 5.41) is 0.940. The predicted molar refractivity (Wildman–Crippen MR) is 129 cm³/mol. The van der Waals surface area contributed by atoms with Gasteiger partial charge < -0.3 is 24.3 Å². The van der Waals surface area contributed by atoms with Gasteiger partial charge in [-0.25, -0.2) is 19.2 Å². The summed E-state index contributed by atoms with van der Waals surface area (Å²) >= 11 is 0. The van der Waals surface area contributed by atoms with Crippen LogP contribution >= 0.6 is 0 Å². The minimum atomic E-state index is -0.750. The Morgan fingerprint density at radius 3 is 2.68 bits per heavy atom. The molecule has 0 spiro atoms. The van der Waals surface area contributed by atoms with Crippen LogP contribution < -0.4 is 5.73 Å². The number of carbonyl (C=O) groups is 1. The third-order valence-electron chi connectivity index (χ3n) is 5.78. The van der Waals surface area contributed by atoms with E-state index >= 15 is 0 Å². The highest BCUT2D eigenvalue weighted by molar-refractivity contribution is 5.95. The number of rotatable bonds is 9. The van der Waals surface area contributed by atoms with Crippen molar-refractivity contribution in [3.8, 4) is 11.5 Å². The molecule has 0 saturated carbocycles. The third kappa shape index (κ3) is 4.20. The first kappa shape index (κ1) is 23.6. The molecule has 0 aliphatic rings. The molecule has 9 heteroatoms. The highest BCUT2D eigenvalue weighted by Gasteiger charge is 2.22. The van der Waals surface area contributed by atoms with Crippen molar-refractivity contribution in [1.82, 2.24) is 19.1 Å². The van der Waals surface area contributed by atoms with Gasteiger partial charge in [0.1, 0.15) is 11.5 Å². The summed E-state index contributed by atoms with van der Waals surface area (Å²) in [5.74, 6) is -0.794. The highest BCUT2D eigenvalue weighted by Crippen LogP contribution is 2.32. The summed E-state index contributed by atoms with van der Waals surface area (Å²) < 4.78 is 28.8. The number of pyridine rings is 1. The summed E-state index contributed by atoms with van der Waals surface area (Å²) in [5.41, 5.74) is 9.35. The van der Waals surface area contributed by atoms with Gasteiger partial charge in [0, 0.05) is 37.7 Å². The largest absolute Gasteiger partial charge is 0.465 e. The standard InChI is InChI=1S/C25H28FN5O3/c1-5-6-9-30-22(12-16-7-8-19(15(2)27)28-23(16)30)24-29-20-13-17(25(32)34-4)18(26)14-21(20)31(24)10-11-33-3/h5,7-8,12-15H,1,6,9-11,27H2,2-4H3. The number of ether oxygens (including phenoxy) is 2. The summed E-state index contributed by atoms with van der Waals surface area (Å²) in [6.07, 6.45) is 2.57. The number of nitrogens with zero attached hydrogens (tertiary/aromatic N) is 4. The van der Waals surface area contributed by atoms with Crippen LogP contribution in [0.4, 0.5) is 4.39 Å². The molecule has 4 rings (SSSR count). The van der Waals surface area contributed by atoms with Crippen LogP contribution in [0.3, 0.4) is 0 Å². The molecule has 0 bridgehead atoms. The molecule has 1 aromatic carbocycles. The molecule has 1 unspecified atom stereocenters. The molecule has 0 radical (unpaired) electrons. The number of methoxy groups -OCH3 is 2. The number of allylic oxidation sites excluding steroid dienone is 1. The highest BCUT2D eigenvalue weighted by atomic mass is 19.1. The number of esters is 1. The van der Waals surface area contributed by atoms with Crippen LogP contribution in [0.1, 0.15) is 35.4 Å². The van der Waals surface area contributed by atoms with Gasteiger partial charge in [-0.3, -0.25) is 0 Å². The minimum absolute atomic E-state index is 0.159. The molecule has 0 amide bonds. The van der Waals surface area contributed by atoms with Gasteiger partial charge in [0.15, 0.2) is 5.82 Å². The van der Waals surface area contributed by atoms with E-state index in [4.69, 9.17) is 25.2 Å². The van der Waals surface area contributed by atoms with Gasteiger partial charge in [-0.2, -0.15) is 0 Å². The van der Waals surface area contributed by atoms with E-state index in [0.717, 1.165) is 28.8 Å². The quantitative estimate of drug-likeness (QED) is 0.294. The topological polar surface area (TPSA) is 97.2 Å². The van der Waals surface area contributed by atoms with Crippen LogP contribution in [-0.2, 0) is 22.6 Å². The molecule has 8 nitrogen and oxygen atoms in total. The van der Waals surface area contributed by atoms with E-state index in [9.17, 15) is 9.18 Å². The van der Waals surface area contributed by atoms with Gasteiger partial charge in [0.2, 0.25) is 0 Å². The lowest BCUT2D eigenvalue weighted by Crippen LogP contribution is -2.10. The van der Waals surface area contributed by atoms with Crippen molar-refractivity contribution < 1.29 is 18.7 Å². The van der Waals surface area contributed by atoms with E-state index in [0.29, 0.717) is 36.6 Å². The fourth-order valence-electron chi connectivity index (χ4n) is 4.04. The number of hydrogen-bond donors (Lipinski definition) is 1. The van der Waals surface area contributed by atoms with Crippen LogP contribution in [0.2, 0.25) is 0 Å². The second kappa shape index (κ2) is 9.74. The van der Waals surface area contributed by atoms with E-state index in [-0.39, 0.29) is 11.6 Å². The number of aryl methyl sites for hydroxylation is 1. The zero-order valence-electron chi connectivity index (χ0n) is 19.5. The molecule has 4 aromatic rings. The van der Waals surface area contributed by atoms with E-state index in [2.05, 4.69) is 11.1 Å². The lowest BCUT2D eigenvalue weighted by molar-refractivity contribution is 0.0595. The molecule has 1 atom stereocenters. The van der Waals surface area contributed by atoms with Crippen molar-refractivity contribution in [3.63, 3.8) is 0 Å². The Labute approximate surface area is 196 Å². The zero-order chi connectivity index (χ0) is 24.4. The molecule has 0 aliphatic carbocycles. The van der Waals surface area contributed by atoms with Crippen LogP contribution in [0, 0.1) is 5.82 Å². The van der Waals surface area contributed by atoms with Crippen molar-refractivity contribution in [1.29, 1.82) is 0 Å². The number of benzene rings is 1. The molecule has 2 N–H and O–H groups in total. The third-order valence-corrected chi connectivity index (χ3v) is 5.78. The molecular formula is C25H28FN5O3. The second-order valence-corrected chi connectivity index (χ2v) is 8.09. The minimum Gasteiger partial charge on any atom is -0.465 e. The zero-order valence-corrected chi connectivity index (χ0v) is 19.5. The van der Waals surface area contributed by atoms with Gasteiger partial charge in [-0.05, 0) is 37.6 Å². The SMILES string of the molecule is C=CCCn1c(-c2nc3cc(C(=O)OC)c(F)cc3n2CCOC)cc2ccc(C(C)N)nc21. The maximum absolute atomic E-state index is 14.8. The Balaban J connectivity index is 1.99. The van der Waals surface area contributed by atoms with Gasteiger partial charge in [0.25, 0.3) is 0 Å². The van der Waals surface area contributed by atoms with Gasteiger partial charge in [-0.1, -0.05) is 6.08 Å². The fraction of sp³-hybridized carbons (Fsp3) is 0.320. The van der Waals surface area contributed by atoms with Crippen molar-refractivity contribution >= 4 is 28.0 Å². The van der Waals surface area contributed by atoms with E-state index < -0.39 is 11.8 Å². The molecule has 178 valence electrons. The first-order valence-electron chi connectivity index (χ1n) is 11.0. The predicted octanol–water partition coefficient (Wildman–Crippen LogP) is 4.22. The Morgan fingerprint density at radius 1 is 1.21 bits per heavy atom. The summed E-state index contributed by atoms with van der Waals surface area (Å²) in [6, 6.07) is 8.45. The van der Waals surface area contributed by atoms with Gasteiger partial charge in [0.05, 0.1) is 41.7 Å². The average molecular weight is 466 g/mol. The number of carbonyl (C=O) groups excluding carboxylic acids is 1. The number of fused-ring (bicyclic) bond motifs is 2. The van der Waals surface area contributed by atoms with Crippen molar-refractivity contribution in [2.75, 3.05) is 20.8 Å². The first-order chi connectivity index (χ1) is 16.4. The van der Waals surface area contributed by atoms with Crippen LogP contribution in [0.5, 0.6) is 0 Å². The lowest BCUT2D eigenvalue weighted by atomic mass is 10.2. The summed E-state index contributed by atoms with van der Waals surface area (Å²) in [4.78, 5) is 21.7. The molecule has 34 heavy (non-hydrogen) atoms. The molecule has 3 aromatic heterocycles. The molecule has 3 heterocycles. The summed E-state index contributed by atoms with van der Waals surface area (Å²) in [6.45, 7) is 7.22. The Morgan fingerprint density at radius 2 is 2.00 bits per heavy atom. The number of hydrogen-bond acceptors (Lipinski definition) is 6. The number of aromatic nitrogens is 4. The molecule has 0 fully saturated rings. The maximum atomic E-state index is 14.8. The monoisotopic (exact) mass is 465 g/mol. The molecule has 0 aliphatic heterocycles. The molecule has 0 saturated heterocycles. The van der Waals surface area contributed by atoms with E-state index in [1.807, 2.05) is 35.8 Å². The van der Waals surface area contributed by atoms with Crippen molar-refractivity contribution in [2.24, 2.45) is 5.73 Å². The second-order valence-electron chi connectivity index (χ2n) is 8.09. The van der Waals surface area contributed by atoms with Gasteiger partial charge in [-0.15, -0.1) is 6.58 Å². The average Bonchev–Trinajstić information content (AvgIpc) is 3.37. The number of nitrogens with two attached hydrogens (primary N) is 1. The Bertz CT molecular complexity index is 1370. The van der Waals surface area contributed by atoms with Crippen LogP contribution in [-0.4, -0.2) is 45.9 Å². The van der Waals surface area contributed by atoms with Gasteiger partial charge >= 0.3 is 5.97 Å². The van der Waals surface area contributed by atoms with Crippen LogP contribution in [0.25, 0.3) is 33.6 Å². The lowest BCUT2D eigenvalue weighted by Gasteiger charge is -2.13. The van der Waals surface area contributed by atoms with E-state index in [1.54, 1.807) is 7.11 Å². The van der Waals surface area contributed by atoms with Crippen molar-refractivity contribution in [2.45, 2.75) is 32.5 Å².